The molecule has 0 radical (unpaired) electrons. The highest BCUT2D eigenvalue weighted by molar-refractivity contribution is 6.13. The van der Waals surface area contributed by atoms with Crippen LogP contribution in [-0.4, -0.2) is 31.6 Å². The van der Waals surface area contributed by atoms with Crippen molar-refractivity contribution in [2.75, 3.05) is 30.0 Å². The molecule has 1 N–H and O–H groups in total. The number of para-hydroxylation sites is 3. The predicted molar refractivity (Wildman–Crippen MR) is 142 cm³/mol. The Kier molecular flexibility index (Phi) is 8.33. The second-order valence-corrected chi connectivity index (χ2v) is 7.92. The van der Waals surface area contributed by atoms with Gasteiger partial charge in [-0.2, -0.15) is 0 Å². The van der Waals surface area contributed by atoms with Gasteiger partial charge in [-0.15, -0.1) is 0 Å². The van der Waals surface area contributed by atoms with Crippen molar-refractivity contribution in [1.82, 2.24) is 0 Å². The van der Waals surface area contributed by atoms with Crippen molar-refractivity contribution in [1.29, 1.82) is 0 Å². The molecule has 4 rings (SSSR count). The third-order valence-corrected chi connectivity index (χ3v) is 5.52. The summed E-state index contributed by atoms with van der Waals surface area (Å²) in [5.74, 6) is 0.941. The van der Waals surface area contributed by atoms with Crippen molar-refractivity contribution >= 4 is 23.2 Å². The van der Waals surface area contributed by atoms with Crippen LogP contribution in [-0.2, 0) is 0 Å². The third-order valence-electron chi connectivity index (χ3n) is 5.52. The topological polar surface area (TPSA) is 67.9 Å². The Morgan fingerprint density at radius 2 is 1.25 bits per heavy atom. The van der Waals surface area contributed by atoms with Gasteiger partial charge in [0.1, 0.15) is 24.7 Å². The lowest BCUT2D eigenvalue weighted by molar-refractivity contribution is 0.0989. The number of anilines is 2. The molecular weight excluding hydrogens is 452 g/mol. The van der Waals surface area contributed by atoms with Crippen LogP contribution in [0.4, 0.5) is 11.4 Å². The van der Waals surface area contributed by atoms with Crippen LogP contribution < -0.4 is 19.7 Å². The average molecular weight is 481 g/mol. The maximum Gasteiger partial charge on any atom is 0.260 e. The van der Waals surface area contributed by atoms with Gasteiger partial charge < -0.3 is 19.7 Å². The first-order valence-electron chi connectivity index (χ1n) is 11.8. The minimum Gasteiger partial charge on any atom is -0.490 e. The number of amides is 2. The van der Waals surface area contributed by atoms with Crippen molar-refractivity contribution in [3.8, 4) is 11.5 Å². The molecule has 6 nitrogen and oxygen atoms in total. The second-order valence-electron chi connectivity index (χ2n) is 7.92. The number of nitrogens with one attached hydrogen (secondary N) is 1. The number of ether oxygens (including phenoxy) is 2. The Morgan fingerprint density at radius 1 is 0.694 bits per heavy atom. The summed E-state index contributed by atoms with van der Waals surface area (Å²) in [6, 6.07) is 32.9. The molecule has 0 atom stereocenters. The van der Waals surface area contributed by atoms with Crippen LogP contribution in [0.25, 0.3) is 0 Å². The molecule has 2 amide bonds. The quantitative estimate of drug-likeness (QED) is 0.280. The number of nitrogens with zero attached hydrogens (tertiary/aromatic N) is 1. The zero-order valence-electron chi connectivity index (χ0n) is 20.1. The first kappa shape index (κ1) is 24.5. The van der Waals surface area contributed by atoms with Crippen molar-refractivity contribution in [3.05, 3.63) is 120 Å². The fourth-order valence-electron chi connectivity index (χ4n) is 3.71. The van der Waals surface area contributed by atoms with Crippen LogP contribution in [0.15, 0.2) is 109 Å². The molecule has 0 spiro atoms. The van der Waals surface area contributed by atoms with Gasteiger partial charge in [-0.3, -0.25) is 9.59 Å². The number of benzene rings is 4. The molecule has 0 aliphatic carbocycles. The molecule has 0 fully saturated rings. The van der Waals surface area contributed by atoms with Crippen molar-refractivity contribution in [2.24, 2.45) is 0 Å². The molecule has 0 aliphatic heterocycles. The summed E-state index contributed by atoms with van der Waals surface area (Å²) in [7, 11) is 0. The normalized spacial score (nSPS) is 10.4. The molecule has 182 valence electrons. The van der Waals surface area contributed by atoms with Gasteiger partial charge >= 0.3 is 0 Å². The standard InChI is InChI=1S/C30H28N2O4/c1-2-32(24-11-5-3-6-12-24)30(34)27-15-9-10-16-28(27)31-29(33)23-17-19-26(20-18-23)36-22-21-35-25-13-7-4-8-14-25/h3-20H,2,21-22H2,1H3,(H,31,33). The van der Waals surface area contributed by atoms with Crippen LogP contribution >= 0.6 is 0 Å². The van der Waals surface area contributed by atoms with E-state index in [0.29, 0.717) is 42.3 Å². The van der Waals surface area contributed by atoms with E-state index in [9.17, 15) is 9.59 Å². The third kappa shape index (κ3) is 6.30. The molecular formula is C30H28N2O4. The van der Waals surface area contributed by atoms with Crippen LogP contribution in [0.3, 0.4) is 0 Å². The molecule has 0 aliphatic rings. The summed E-state index contributed by atoms with van der Waals surface area (Å²) in [4.78, 5) is 27.9. The van der Waals surface area contributed by atoms with E-state index in [1.807, 2.05) is 67.6 Å². The van der Waals surface area contributed by atoms with E-state index < -0.39 is 0 Å². The summed E-state index contributed by atoms with van der Waals surface area (Å²) < 4.78 is 11.3. The minimum absolute atomic E-state index is 0.180. The lowest BCUT2D eigenvalue weighted by Crippen LogP contribution is -2.31. The van der Waals surface area contributed by atoms with E-state index in [0.717, 1.165) is 11.4 Å². The van der Waals surface area contributed by atoms with Crippen molar-refractivity contribution in [2.45, 2.75) is 6.92 Å². The van der Waals surface area contributed by atoms with E-state index in [2.05, 4.69) is 5.32 Å². The van der Waals surface area contributed by atoms with Crippen LogP contribution in [0, 0.1) is 0 Å². The summed E-state index contributed by atoms with van der Waals surface area (Å²) in [6.07, 6.45) is 0. The zero-order chi connectivity index (χ0) is 25.2. The highest BCUT2D eigenvalue weighted by Gasteiger charge is 2.20. The van der Waals surface area contributed by atoms with Gasteiger partial charge in [-0.1, -0.05) is 48.5 Å². The first-order valence-corrected chi connectivity index (χ1v) is 11.8. The fourth-order valence-corrected chi connectivity index (χ4v) is 3.71. The summed E-state index contributed by atoms with van der Waals surface area (Å²) in [5, 5.41) is 2.88. The molecule has 4 aromatic rings. The zero-order valence-corrected chi connectivity index (χ0v) is 20.1. The minimum atomic E-state index is -0.308. The van der Waals surface area contributed by atoms with E-state index in [1.165, 1.54) is 0 Å². The van der Waals surface area contributed by atoms with E-state index in [4.69, 9.17) is 9.47 Å². The van der Waals surface area contributed by atoms with Gasteiger partial charge in [-0.25, -0.2) is 0 Å². The molecule has 36 heavy (non-hydrogen) atoms. The second kappa shape index (κ2) is 12.2. The van der Waals surface area contributed by atoms with Gasteiger partial charge in [-0.05, 0) is 67.6 Å². The molecule has 0 bridgehead atoms. The molecule has 0 aromatic heterocycles. The fraction of sp³-hybridized carbons (Fsp3) is 0.133. The maximum atomic E-state index is 13.3. The summed E-state index contributed by atoms with van der Waals surface area (Å²) in [6.45, 7) is 3.21. The van der Waals surface area contributed by atoms with Crippen LogP contribution in [0.5, 0.6) is 11.5 Å². The Balaban J connectivity index is 1.37. The summed E-state index contributed by atoms with van der Waals surface area (Å²) in [5.41, 5.74) is 2.15. The smallest absolute Gasteiger partial charge is 0.260 e. The molecule has 0 unspecified atom stereocenters. The first-order chi connectivity index (χ1) is 17.7. The summed E-state index contributed by atoms with van der Waals surface area (Å²) >= 11 is 0. The predicted octanol–water partition coefficient (Wildman–Crippen LogP) is 6.06. The molecule has 6 heteroatoms. The van der Waals surface area contributed by atoms with Crippen LogP contribution in [0.2, 0.25) is 0 Å². The number of hydrogen-bond donors (Lipinski definition) is 1. The van der Waals surface area contributed by atoms with E-state index >= 15 is 0 Å². The molecule has 4 aromatic carbocycles. The number of carbonyl (C=O) groups excluding carboxylic acids is 2. The number of hydrogen-bond acceptors (Lipinski definition) is 4. The Labute approximate surface area is 211 Å². The van der Waals surface area contributed by atoms with Gasteiger partial charge in [0.05, 0.1) is 11.3 Å². The number of rotatable bonds is 10. The highest BCUT2D eigenvalue weighted by atomic mass is 16.5. The van der Waals surface area contributed by atoms with Gasteiger partial charge in [0.2, 0.25) is 0 Å². The van der Waals surface area contributed by atoms with Crippen molar-refractivity contribution in [3.63, 3.8) is 0 Å². The monoisotopic (exact) mass is 480 g/mol. The molecule has 0 saturated heterocycles. The van der Waals surface area contributed by atoms with E-state index in [1.54, 1.807) is 53.4 Å². The Hall–Kier alpha value is -4.58. The van der Waals surface area contributed by atoms with Gasteiger partial charge in [0.25, 0.3) is 11.8 Å². The average Bonchev–Trinajstić information content (AvgIpc) is 2.93. The number of carbonyl (C=O) groups is 2. The largest absolute Gasteiger partial charge is 0.490 e. The lowest BCUT2D eigenvalue weighted by Gasteiger charge is -2.22. The highest BCUT2D eigenvalue weighted by Crippen LogP contribution is 2.23. The Bertz CT molecular complexity index is 1280. The van der Waals surface area contributed by atoms with Gasteiger partial charge in [0.15, 0.2) is 0 Å². The SMILES string of the molecule is CCN(C(=O)c1ccccc1NC(=O)c1ccc(OCCOc2ccccc2)cc1)c1ccccc1. The van der Waals surface area contributed by atoms with Crippen molar-refractivity contribution < 1.29 is 19.1 Å². The lowest BCUT2D eigenvalue weighted by atomic mass is 10.1. The molecule has 0 saturated carbocycles. The van der Waals surface area contributed by atoms with E-state index in [-0.39, 0.29) is 11.8 Å². The molecule has 0 heterocycles. The Morgan fingerprint density at radius 3 is 1.89 bits per heavy atom. The van der Waals surface area contributed by atoms with Gasteiger partial charge in [0, 0.05) is 17.8 Å². The van der Waals surface area contributed by atoms with Crippen LogP contribution in [0.1, 0.15) is 27.6 Å². The maximum absolute atomic E-state index is 13.3.